The van der Waals surface area contributed by atoms with Crippen LogP contribution in [0.5, 0.6) is 5.75 Å². The highest BCUT2D eigenvalue weighted by Crippen LogP contribution is 2.19. The summed E-state index contributed by atoms with van der Waals surface area (Å²) in [5.74, 6) is 0.617. The van der Waals surface area contributed by atoms with E-state index in [1.165, 1.54) is 0 Å². The number of amides is 2. The van der Waals surface area contributed by atoms with E-state index in [2.05, 4.69) is 21.2 Å². The van der Waals surface area contributed by atoms with Crippen LogP contribution >= 0.6 is 15.9 Å². The third kappa shape index (κ3) is 5.23. The van der Waals surface area contributed by atoms with Gasteiger partial charge in [0.15, 0.2) is 6.10 Å². The van der Waals surface area contributed by atoms with Crippen molar-refractivity contribution in [3.8, 4) is 5.75 Å². The van der Waals surface area contributed by atoms with Crippen LogP contribution in [0.3, 0.4) is 0 Å². The van der Waals surface area contributed by atoms with E-state index < -0.39 is 6.10 Å². The quantitative estimate of drug-likeness (QED) is 0.831. The Morgan fingerprint density at radius 2 is 1.92 bits per heavy atom. The number of likely N-dealkylation sites (tertiary alicyclic amines) is 1. The Morgan fingerprint density at radius 1 is 1.25 bits per heavy atom. The maximum absolute atomic E-state index is 12.6. The number of nitrogens with zero attached hydrogens (tertiary/aromatic N) is 1. The van der Waals surface area contributed by atoms with Crippen molar-refractivity contribution < 1.29 is 14.3 Å². The summed E-state index contributed by atoms with van der Waals surface area (Å²) in [5.41, 5.74) is 0. The lowest BCUT2D eigenvalue weighted by Crippen LogP contribution is -2.52. The minimum Gasteiger partial charge on any atom is -0.481 e. The molecule has 2 amide bonds. The summed E-state index contributed by atoms with van der Waals surface area (Å²) in [4.78, 5) is 26.3. The normalized spacial score (nSPS) is 19.0. The van der Waals surface area contributed by atoms with E-state index >= 15 is 0 Å². The van der Waals surface area contributed by atoms with Crippen LogP contribution in [0.25, 0.3) is 0 Å². The molecule has 1 saturated heterocycles. The Bertz CT molecular complexity index is 574. The third-order valence-corrected chi connectivity index (χ3v) is 4.61. The largest absolute Gasteiger partial charge is 0.481 e. The Balaban J connectivity index is 1.90. The van der Waals surface area contributed by atoms with Gasteiger partial charge in [0.25, 0.3) is 5.91 Å². The first-order chi connectivity index (χ1) is 11.4. The molecule has 1 fully saturated rings. The molecule has 5 nitrogen and oxygen atoms in total. The molecule has 2 rings (SSSR count). The van der Waals surface area contributed by atoms with Crippen LogP contribution in [0.1, 0.15) is 33.6 Å². The molecule has 0 bridgehead atoms. The zero-order valence-corrected chi connectivity index (χ0v) is 16.0. The predicted molar refractivity (Wildman–Crippen MR) is 96.8 cm³/mol. The topological polar surface area (TPSA) is 58.6 Å². The van der Waals surface area contributed by atoms with Gasteiger partial charge in [-0.1, -0.05) is 29.8 Å². The van der Waals surface area contributed by atoms with Gasteiger partial charge in [0.1, 0.15) is 5.75 Å². The maximum Gasteiger partial charge on any atom is 0.263 e. The number of nitrogens with one attached hydrogen (secondary N) is 1. The van der Waals surface area contributed by atoms with E-state index in [1.54, 1.807) is 11.8 Å². The molecule has 0 radical (unpaired) electrons. The average Bonchev–Trinajstić information content (AvgIpc) is 2.56. The molecule has 2 unspecified atom stereocenters. The highest BCUT2D eigenvalue weighted by molar-refractivity contribution is 9.10. The second-order valence-electron chi connectivity index (χ2n) is 6.50. The summed E-state index contributed by atoms with van der Waals surface area (Å²) in [6.07, 6.45) is 1.25. The van der Waals surface area contributed by atoms with Crippen LogP contribution in [0, 0.1) is 5.92 Å². The van der Waals surface area contributed by atoms with Crippen molar-refractivity contribution in [1.29, 1.82) is 0 Å². The Labute approximate surface area is 151 Å². The molecule has 6 heteroatoms. The molecular weight excluding hydrogens is 372 g/mol. The van der Waals surface area contributed by atoms with Gasteiger partial charge >= 0.3 is 0 Å². The van der Waals surface area contributed by atoms with Crippen LogP contribution < -0.4 is 10.1 Å². The Morgan fingerprint density at radius 3 is 2.54 bits per heavy atom. The van der Waals surface area contributed by atoms with Gasteiger partial charge in [-0.25, -0.2) is 0 Å². The van der Waals surface area contributed by atoms with Crippen molar-refractivity contribution in [2.24, 2.45) is 5.92 Å². The van der Waals surface area contributed by atoms with Gasteiger partial charge in [-0.05, 0) is 44.0 Å². The van der Waals surface area contributed by atoms with Gasteiger partial charge in [0.2, 0.25) is 5.91 Å². The van der Waals surface area contributed by atoms with Crippen LogP contribution in [0.15, 0.2) is 28.7 Å². The van der Waals surface area contributed by atoms with E-state index in [1.807, 2.05) is 38.1 Å². The third-order valence-electron chi connectivity index (χ3n) is 4.08. The number of piperidine rings is 1. The molecule has 0 aliphatic carbocycles. The monoisotopic (exact) mass is 396 g/mol. The summed E-state index contributed by atoms with van der Waals surface area (Å²) in [5, 5.41) is 3.02. The number of benzene rings is 1. The van der Waals surface area contributed by atoms with E-state index in [4.69, 9.17) is 4.74 Å². The zero-order valence-electron chi connectivity index (χ0n) is 14.4. The highest BCUT2D eigenvalue weighted by Gasteiger charge is 2.28. The molecular formula is C18H25BrN2O3. The fourth-order valence-electron chi connectivity index (χ4n) is 2.69. The number of ether oxygens (including phenoxy) is 1. The number of carbonyl (C=O) groups is 2. The van der Waals surface area contributed by atoms with Crippen molar-refractivity contribution in [3.63, 3.8) is 0 Å². The number of carbonyl (C=O) groups excluding carboxylic acids is 2. The lowest BCUT2D eigenvalue weighted by atomic mass is 10.0. The zero-order chi connectivity index (χ0) is 17.7. The van der Waals surface area contributed by atoms with Crippen molar-refractivity contribution in [2.75, 3.05) is 13.1 Å². The predicted octanol–water partition coefficient (Wildman–Crippen LogP) is 2.98. The lowest BCUT2D eigenvalue weighted by Gasteiger charge is -2.34. The number of hydrogen-bond donors (Lipinski definition) is 1. The molecule has 1 N–H and O–H groups in total. The molecule has 1 heterocycles. The van der Waals surface area contributed by atoms with Crippen molar-refractivity contribution >= 4 is 27.7 Å². The van der Waals surface area contributed by atoms with E-state index in [0.717, 1.165) is 17.3 Å². The number of hydrogen-bond acceptors (Lipinski definition) is 3. The fraction of sp³-hybridized carbons (Fsp3) is 0.556. The SMILES string of the molecule is CC(C)C(=O)NC1CCCN(C(=O)C(C)Oc2ccc(Br)cc2)C1. The maximum atomic E-state index is 12.6. The van der Waals surface area contributed by atoms with Gasteiger partial charge in [-0.3, -0.25) is 9.59 Å². The molecule has 0 spiro atoms. The first kappa shape index (κ1) is 18.8. The molecule has 1 aromatic carbocycles. The summed E-state index contributed by atoms with van der Waals surface area (Å²) in [6.45, 7) is 6.76. The molecule has 2 atom stereocenters. The first-order valence-corrected chi connectivity index (χ1v) is 9.17. The van der Waals surface area contributed by atoms with Crippen molar-refractivity contribution in [1.82, 2.24) is 10.2 Å². The van der Waals surface area contributed by atoms with Gasteiger partial charge < -0.3 is 15.0 Å². The molecule has 1 aliphatic heterocycles. The molecule has 1 aliphatic rings. The van der Waals surface area contributed by atoms with Crippen LogP contribution in [0.4, 0.5) is 0 Å². The van der Waals surface area contributed by atoms with E-state index in [-0.39, 0.29) is 23.8 Å². The van der Waals surface area contributed by atoms with Crippen LogP contribution in [-0.2, 0) is 9.59 Å². The molecule has 0 saturated carbocycles. The summed E-state index contributed by atoms with van der Waals surface area (Å²) >= 11 is 3.37. The minimum atomic E-state index is -0.550. The van der Waals surface area contributed by atoms with Crippen LogP contribution in [-0.4, -0.2) is 41.9 Å². The average molecular weight is 397 g/mol. The Kier molecular flexibility index (Phi) is 6.66. The van der Waals surface area contributed by atoms with E-state index in [9.17, 15) is 9.59 Å². The smallest absolute Gasteiger partial charge is 0.263 e. The summed E-state index contributed by atoms with van der Waals surface area (Å²) in [6, 6.07) is 7.44. The Hall–Kier alpha value is -1.56. The second-order valence-corrected chi connectivity index (χ2v) is 7.42. The molecule has 0 aromatic heterocycles. The summed E-state index contributed by atoms with van der Waals surface area (Å²) in [7, 11) is 0. The standard InChI is InChI=1S/C18H25BrN2O3/c1-12(2)17(22)20-15-5-4-10-21(11-15)18(23)13(3)24-16-8-6-14(19)7-9-16/h6-9,12-13,15H,4-5,10-11H2,1-3H3,(H,20,22). The van der Waals surface area contributed by atoms with Crippen molar-refractivity contribution in [2.45, 2.75) is 45.8 Å². The van der Waals surface area contributed by atoms with Gasteiger partial charge in [-0.2, -0.15) is 0 Å². The minimum absolute atomic E-state index is 0.0254. The van der Waals surface area contributed by atoms with Gasteiger partial charge in [-0.15, -0.1) is 0 Å². The number of rotatable bonds is 5. The highest BCUT2D eigenvalue weighted by atomic mass is 79.9. The summed E-state index contributed by atoms with van der Waals surface area (Å²) < 4.78 is 6.71. The van der Waals surface area contributed by atoms with E-state index in [0.29, 0.717) is 18.8 Å². The molecule has 24 heavy (non-hydrogen) atoms. The fourth-order valence-corrected chi connectivity index (χ4v) is 2.95. The second kappa shape index (κ2) is 8.51. The van der Waals surface area contributed by atoms with Gasteiger partial charge in [0, 0.05) is 29.5 Å². The molecule has 1 aromatic rings. The number of halogens is 1. The van der Waals surface area contributed by atoms with Crippen LogP contribution in [0.2, 0.25) is 0 Å². The van der Waals surface area contributed by atoms with Gasteiger partial charge in [0.05, 0.1) is 0 Å². The van der Waals surface area contributed by atoms with Crippen molar-refractivity contribution in [3.05, 3.63) is 28.7 Å². The first-order valence-electron chi connectivity index (χ1n) is 8.38. The lowest BCUT2D eigenvalue weighted by molar-refractivity contribution is -0.140. The molecule has 132 valence electrons.